The van der Waals surface area contributed by atoms with Gasteiger partial charge in [0, 0.05) is 17.5 Å². The van der Waals surface area contributed by atoms with Crippen LogP contribution in [-0.4, -0.2) is 12.1 Å². The van der Waals surface area contributed by atoms with E-state index in [1.165, 1.54) is 5.56 Å². The van der Waals surface area contributed by atoms with E-state index in [9.17, 15) is 4.79 Å². The average Bonchev–Trinajstić information content (AvgIpc) is 3.07. The van der Waals surface area contributed by atoms with E-state index in [2.05, 4.69) is 0 Å². The number of ketones is 1. The van der Waals surface area contributed by atoms with Gasteiger partial charge in [-0.3, -0.25) is 4.79 Å². The topological polar surface area (TPSA) is 35.5 Å². The van der Waals surface area contributed by atoms with Crippen LogP contribution < -0.4 is 0 Å². The van der Waals surface area contributed by atoms with Crippen LogP contribution in [0.3, 0.4) is 0 Å². The Kier molecular flexibility index (Phi) is 4.01. The summed E-state index contributed by atoms with van der Waals surface area (Å²) in [7, 11) is 0. The molecule has 3 rings (SSSR count). The highest BCUT2D eigenvalue weighted by Crippen LogP contribution is 2.15. The van der Waals surface area contributed by atoms with Gasteiger partial charge < -0.3 is 9.47 Å². The van der Waals surface area contributed by atoms with Crippen LogP contribution in [0.1, 0.15) is 27.9 Å². The lowest BCUT2D eigenvalue weighted by Crippen LogP contribution is -2.08. The molecule has 0 saturated carbocycles. The number of hydrogen-bond acceptors (Lipinski definition) is 3. The first-order chi connectivity index (χ1) is 10.3. The molecule has 0 bridgehead atoms. The van der Waals surface area contributed by atoms with Gasteiger partial charge in [-0.25, -0.2) is 0 Å². The van der Waals surface area contributed by atoms with E-state index in [4.69, 9.17) is 9.47 Å². The summed E-state index contributed by atoms with van der Waals surface area (Å²) < 4.78 is 10.5. The van der Waals surface area contributed by atoms with E-state index in [0.717, 1.165) is 12.8 Å². The molecule has 1 heterocycles. The highest BCUT2D eigenvalue weighted by atomic mass is 16.7. The molecule has 1 aliphatic rings. The quantitative estimate of drug-likeness (QED) is 0.783. The molecule has 0 saturated heterocycles. The summed E-state index contributed by atoms with van der Waals surface area (Å²) in [5.74, 6) is 0.0498. The molecule has 2 aromatic rings. The van der Waals surface area contributed by atoms with Crippen LogP contribution in [0.15, 0.2) is 67.1 Å². The lowest BCUT2D eigenvalue weighted by atomic mass is 10.0. The predicted molar refractivity (Wildman–Crippen MR) is 79.7 cm³/mol. The fourth-order valence-corrected chi connectivity index (χ4v) is 2.27. The van der Waals surface area contributed by atoms with Gasteiger partial charge in [-0.2, -0.15) is 0 Å². The van der Waals surface area contributed by atoms with Crippen LogP contribution in [0.25, 0.3) is 0 Å². The highest BCUT2D eigenvalue weighted by molar-refractivity contribution is 6.08. The number of carbonyl (C=O) groups excluding carboxylic acids is 1. The van der Waals surface area contributed by atoms with Crippen LogP contribution >= 0.6 is 0 Å². The maximum absolute atomic E-state index is 12.3. The Labute approximate surface area is 123 Å². The van der Waals surface area contributed by atoms with Crippen LogP contribution in [0, 0.1) is 0 Å². The molecule has 0 atom stereocenters. The fraction of sp³-hybridized carbons (Fsp3) is 0.167. The number of hydrogen-bond donors (Lipinski definition) is 0. The molecule has 0 N–H and O–H groups in total. The van der Waals surface area contributed by atoms with E-state index in [1.807, 2.05) is 54.6 Å². The van der Waals surface area contributed by atoms with Gasteiger partial charge in [0.25, 0.3) is 0 Å². The van der Waals surface area contributed by atoms with Crippen LogP contribution in [0.5, 0.6) is 0 Å². The molecular weight excluding hydrogens is 264 g/mol. The Bertz CT molecular complexity index is 621. The molecule has 0 aliphatic carbocycles. The highest BCUT2D eigenvalue weighted by Gasteiger charge is 2.12. The molecule has 3 heteroatoms. The number of rotatable bonds is 5. The minimum Gasteiger partial charge on any atom is -0.459 e. The second-order valence-corrected chi connectivity index (χ2v) is 4.90. The number of carbonyl (C=O) groups is 1. The summed E-state index contributed by atoms with van der Waals surface area (Å²) in [6.45, 7) is 0. The standard InChI is InChI=1S/C18H16O3/c19-18(15-4-2-1-3-5-15)16-9-6-14(7-10-16)8-11-17-20-12-13-21-17/h1-7,9-10,12-13,17H,8,11H2. The lowest BCUT2D eigenvalue weighted by molar-refractivity contribution is -0.0275. The van der Waals surface area contributed by atoms with Crippen molar-refractivity contribution in [1.29, 1.82) is 0 Å². The van der Waals surface area contributed by atoms with Crippen molar-refractivity contribution in [1.82, 2.24) is 0 Å². The van der Waals surface area contributed by atoms with Crippen molar-refractivity contribution in [2.45, 2.75) is 19.1 Å². The normalized spacial score (nSPS) is 13.7. The third-order valence-electron chi connectivity index (χ3n) is 3.44. The molecule has 0 unspecified atom stereocenters. The van der Waals surface area contributed by atoms with Crippen molar-refractivity contribution >= 4 is 5.78 Å². The lowest BCUT2D eigenvalue weighted by Gasteiger charge is -2.10. The number of aryl methyl sites for hydroxylation is 1. The third-order valence-corrected chi connectivity index (χ3v) is 3.44. The molecule has 106 valence electrons. The first kappa shape index (κ1) is 13.4. The number of ether oxygens (including phenoxy) is 2. The molecule has 3 nitrogen and oxygen atoms in total. The maximum Gasteiger partial charge on any atom is 0.240 e. The van der Waals surface area contributed by atoms with Crippen LogP contribution in [-0.2, 0) is 15.9 Å². The molecule has 0 spiro atoms. The average molecular weight is 280 g/mol. The second kappa shape index (κ2) is 6.27. The number of benzene rings is 2. The van der Waals surface area contributed by atoms with Crippen molar-refractivity contribution in [2.24, 2.45) is 0 Å². The van der Waals surface area contributed by atoms with Gasteiger partial charge in [-0.15, -0.1) is 0 Å². The molecule has 0 fully saturated rings. The van der Waals surface area contributed by atoms with Crippen molar-refractivity contribution in [3.05, 3.63) is 83.8 Å². The third kappa shape index (κ3) is 3.31. The predicted octanol–water partition coefficient (Wildman–Crippen LogP) is 3.69. The molecule has 2 aromatic carbocycles. The van der Waals surface area contributed by atoms with Gasteiger partial charge >= 0.3 is 0 Å². The largest absolute Gasteiger partial charge is 0.459 e. The van der Waals surface area contributed by atoms with Crippen molar-refractivity contribution in [3.63, 3.8) is 0 Å². The van der Waals surface area contributed by atoms with E-state index in [-0.39, 0.29) is 12.1 Å². The first-order valence-electron chi connectivity index (χ1n) is 6.97. The minimum atomic E-state index is -0.185. The van der Waals surface area contributed by atoms with Crippen molar-refractivity contribution < 1.29 is 14.3 Å². The molecule has 1 aliphatic heterocycles. The summed E-state index contributed by atoms with van der Waals surface area (Å²) in [5.41, 5.74) is 2.59. The molecular formula is C18H16O3. The SMILES string of the molecule is O=C(c1ccccc1)c1ccc(CCC2OC=CO2)cc1. The Morgan fingerprint density at radius 2 is 1.48 bits per heavy atom. The molecule has 0 radical (unpaired) electrons. The van der Waals surface area contributed by atoms with Gasteiger partial charge in [0.05, 0.1) is 0 Å². The Morgan fingerprint density at radius 1 is 0.857 bits per heavy atom. The van der Waals surface area contributed by atoms with E-state index in [1.54, 1.807) is 12.5 Å². The molecule has 0 aromatic heterocycles. The molecule has 21 heavy (non-hydrogen) atoms. The summed E-state index contributed by atoms with van der Waals surface area (Å²) >= 11 is 0. The zero-order chi connectivity index (χ0) is 14.5. The molecule has 0 amide bonds. The van der Waals surface area contributed by atoms with Crippen LogP contribution in [0.2, 0.25) is 0 Å². The van der Waals surface area contributed by atoms with Gasteiger partial charge in [-0.1, -0.05) is 54.6 Å². The summed E-state index contributed by atoms with van der Waals surface area (Å²) in [5, 5.41) is 0. The zero-order valence-corrected chi connectivity index (χ0v) is 11.6. The van der Waals surface area contributed by atoms with Gasteiger partial charge in [0.2, 0.25) is 6.29 Å². The smallest absolute Gasteiger partial charge is 0.240 e. The van der Waals surface area contributed by atoms with Gasteiger partial charge in [0.1, 0.15) is 12.5 Å². The minimum absolute atomic E-state index is 0.0498. The summed E-state index contributed by atoms with van der Waals surface area (Å²) in [6.07, 6.45) is 4.58. The Morgan fingerprint density at radius 3 is 2.14 bits per heavy atom. The van der Waals surface area contributed by atoms with E-state index >= 15 is 0 Å². The monoisotopic (exact) mass is 280 g/mol. The second-order valence-electron chi connectivity index (χ2n) is 4.90. The van der Waals surface area contributed by atoms with E-state index in [0.29, 0.717) is 11.1 Å². The van der Waals surface area contributed by atoms with Crippen LogP contribution in [0.4, 0.5) is 0 Å². The summed E-state index contributed by atoms with van der Waals surface area (Å²) in [6, 6.07) is 17.0. The summed E-state index contributed by atoms with van der Waals surface area (Å²) in [4.78, 5) is 12.3. The van der Waals surface area contributed by atoms with Crippen molar-refractivity contribution in [2.75, 3.05) is 0 Å². The van der Waals surface area contributed by atoms with Gasteiger partial charge in [-0.05, 0) is 12.0 Å². The van der Waals surface area contributed by atoms with E-state index < -0.39 is 0 Å². The Hall–Kier alpha value is -2.55. The van der Waals surface area contributed by atoms with Crippen molar-refractivity contribution in [3.8, 4) is 0 Å². The first-order valence-corrected chi connectivity index (χ1v) is 6.97. The fourth-order valence-electron chi connectivity index (χ4n) is 2.27. The Balaban J connectivity index is 1.62. The van der Waals surface area contributed by atoms with Gasteiger partial charge in [0.15, 0.2) is 5.78 Å². The maximum atomic E-state index is 12.3. The zero-order valence-electron chi connectivity index (χ0n) is 11.6.